The van der Waals surface area contributed by atoms with Gasteiger partial charge in [0.15, 0.2) is 0 Å². The summed E-state index contributed by atoms with van der Waals surface area (Å²) in [5.41, 5.74) is 1.14. The van der Waals surface area contributed by atoms with Crippen LogP contribution in [0.15, 0.2) is 24.3 Å². The monoisotopic (exact) mass is 345 g/mol. The maximum atomic E-state index is 12.6. The highest BCUT2D eigenvalue weighted by Crippen LogP contribution is 2.19. The highest BCUT2D eigenvalue weighted by Gasteiger charge is 2.31. The van der Waals surface area contributed by atoms with Crippen LogP contribution in [0.1, 0.15) is 24.8 Å². The Morgan fingerprint density at radius 1 is 1.28 bits per heavy atom. The molecule has 2 fully saturated rings. The van der Waals surface area contributed by atoms with Gasteiger partial charge in [0.05, 0.1) is 13.7 Å². The van der Waals surface area contributed by atoms with Crippen molar-refractivity contribution >= 4 is 11.8 Å². The van der Waals surface area contributed by atoms with Gasteiger partial charge in [-0.15, -0.1) is 0 Å². The van der Waals surface area contributed by atoms with Crippen LogP contribution >= 0.6 is 0 Å². The van der Waals surface area contributed by atoms with Crippen molar-refractivity contribution < 1.29 is 14.3 Å². The molecular weight excluding hydrogens is 318 g/mol. The largest absolute Gasteiger partial charge is 0.497 e. The average Bonchev–Trinajstić information content (AvgIpc) is 2.67. The third kappa shape index (κ3) is 4.51. The quantitative estimate of drug-likeness (QED) is 0.867. The number of carbonyl (C=O) groups is 2. The molecule has 0 spiro atoms. The third-order valence-corrected chi connectivity index (χ3v) is 5.10. The number of amides is 2. The second-order valence-corrected chi connectivity index (χ2v) is 6.75. The predicted octanol–water partition coefficient (Wildman–Crippen LogP) is 1.05. The molecule has 2 saturated heterocycles. The molecule has 1 unspecified atom stereocenters. The van der Waals surface area contributed by atoms with Crippen LogP contribution < -0.4 is 10.1 Å². The van der Waals surface area contributed by atoms with Gasteiger partial charge in [-0.05, 0) is 37.0 Å². The van der Waals surface area contributed by atoms with E-state index in [0.717, 1.165) is 50.2 Å². The van der Waals surface area contributed by atoms with Crippen LogP contribution in [-0.2, 0) is 16.0 Å². The smallest absolute Gasteiger partial charge is 0.236 e. The number of nitrogens with zero attached hydrogens (tertiary/aromatic N) is 2. The summed E-state index contributed by atoms with van der Waals surface area (Å²) < 4.78 is 5.16. The Labute approximate surface area is 149 Å². The summed E-state index contributed by atoms with van der Waals surface area (Å²) >= 11 is 0. The molecule has 0 aliphatic carbocycles. The Morgan fingerprint density at radius 3 is 2.80 bits per heavy atom. The Hall–Kier alpha value is -2.08. The van der Waals surface area contributed by atoms with E-state index in [0.29, 0.717) is 19.5 Å². The topological polar surface area (TPSA) is 61.9 Å². The Kier molecular flexibility index (Phi) is 5.91. The number of rotatable bonds is 5. The first-order valence-corrected chi connectivity index (χ1v) is 9.08. The fraction of sp³-hybridized carbons (Fsp3) is 0.579. The SMILES string of the molecule is COc1ccc(CCC(=O)N2CCCC(N3CCNCC3=O)C2)cc1. The summed E-state index contributed by atoms with van der Waals surface area (Å²) in [6.07, 6.45) is 3.20. The summed E-state index contributed by atoms with van der Waals surface area (Å²) in [7, 11) is 1.65. The average molecular weight is 345 g/mol. The lowest BCUT2D eigenvalue weighted by Crippen LogP contribution is -2.57. The van der Waals surface area contributed by atoms with E-state index in [9.17, 15) is 9.59 Å². The van der Waals surface area contributed by atoms with E-state index >= 15 is 0 Å². The zero-order chi connectivity index (χ0) is 17.6. The second kappa shape index (κ2) is 8.34. The molecule has 1 N–H and O–H groups in total. The molecule has 0 radical (unpaired) electrons. The van der Waals surface area contributed by atoms with Crippen molar-refractivity contribution in [3.63, 3.8) is 0 Å². The van der Waals surface area contributed by atoms with Crippen molar-refractivity contribution in [2.24, 2.45) is 0 Å². The van der Waals surface area contributed by atoms with Gasteiger partial charge in [-0.3, -0.25) is 9.59 Å². The van der Waals surface area contributed by atoms with Crippen molar-refractivity contribution in [2.45, 2.75) is 31.7 Å². The number of carbonyl (C=O) groups excluding carboxylic acids is 2. The van der Waals surface area contributed by atoms with E-state index < -0.39 is 0 Å². The number of aryl methyl sites for hydroxylation is 1. The third-order valence-electron chi connectivity index (χ3n) is 5.10. The lowest BCUT2D eigenvalue weighted by Gasteiger charge is -2.41. The number of nitrogens with one attached hydrogen (secondary N) is 1. The number of benzene rings is 1. The molecule has 1 aromatic rings. The second-order valence-electron chi connectivity index (χ2n) is 6.75. The maximum absolute atomic E-state index is 12.6. The van der Waals surface area contributed by atoms with Crippen LogP contribution in [0.3, 0.4) is 0 Å². The van der Waals surface area contributed by atoms with Crippen molar-refractivity contribution in [3.8, 4) is 5.75 Å². The molecule has 25 heavy (non-hydrogen) atoms. The van der Waals surface area contributed by atoms with Crippen molar-refractivity contribution in [1.29, 1.82) is 0 Å². The van der Waals surface area contributed by atoms with Gasteiger partial charge in [0.1, 0.15) is 5.75 Å². The van der Waals surface area contributed by atoms with E-state index in [1.807, 2.05) is 34.1 Å². The number of ether oxygens (including phenoxy) is 1. The van der Waals surface area contributed by atoms with Gasteiger partial charge in [-0.2, -0.15) is 0 Å². The molecule has 0 saturated carbocycles. The van der Waals surface area contributed by atoms with Crippen LogP contribution in [0, 0.1) is 0 Å². The first kappa shape index (κ1) is 17.7. The molecule has 1 atom stereocenters. The van der Waals surface area contributed by atoms with Crippen molar-refractivity contribution in [1.82, 2.24) is 15.1 Å². The number of methoxy groups -OCH3 is 1. The van der Waals surface area contributed by atoms with Crippen LogP contribution in [0.5, 0.6) is 5.75 Å². The summed E-state index contributed by atoms with van der Waals surface area (Å²) in [4.78, 5) is 28.6. The van der Waals surface area contributed by atoms with Gasteiger partial charge < -0.3 is 19.9 Å². The molecule has 136 valence electrons. The van der Waals surface area contributed by atoms with E-state index in [1.165, 1.54) is 0 Å². The van der Waals surface area contributed by atoms with Crippen LogP contribution in [-0.4, -0.2) is 67.5 Å². The lowest BCUT2D eigenvalue weighted by molar-refractivity contribution is -0.140. The number of hydrogen-bond donors (Lipinski definition) is 1. The summed E-state index contributed by atoms with van der Waals surface area (Å²) in [6.45, 7) is 3.48. The highest BCUT2D eigenvalue weighted by atomic mass is 16.5. The molecule has 1 aromatic carbocycles. The Balaban J connectivity index is 1.51. The normalized spacial score (nSPS) is 21.3. The molecule has 0 aromatic heterocycles. The molecule has 3 rings (SSSR count). The minimum atomic E-state index is 0.156. The number of hydrogen-bond acceptors (Lipinski definition) is 4. The van der Waals surface area contributed by atoms with E-state index in [1.54, 1.807) is 7.11 Å². The van der Waals surface area contributed by atoms with Gasteiger partial charge in [0.25, 0.3) is 0 Å². The highest BCUT2D eigenvalue weighted by molar-refractivity contribution is 5.80. The number of likely N-dealkylation sites (tertiary alicyclic amines) is 1. The molecule has 6 nitrogen and oxygen atoms in total. The fourth-order valence-corrected chi connectivity index (χ4v) is 3.64. The van der Waals surface area contributed by atoms with Gasteiger partial charge >= 0.3 is 0 Å². The minimum absolute atomic E-state index is 0.156. The lowest BCUT2D eigenvalue weighted by atomic mass is 10.0. The zero-order valence-corrected chi connectivity index (χ0v) is 14.9. The number of piperazine rings is 1. The van der Waals surface area contributed by atoms with Gasteiger partial charge in [-0.25, -0.2) is 0 Å². The summed E-state index contributed by atoms with van der Waals surface area (Å²) in [6, 6.07) is 8.03. The molecule has 0 bridgehead atoms. The van der Waals surface area contributed by atoms with Crippen molar-refractivity contribution in [3.05, 3.63) is 29.8 Å². The van der Waals surface area contributed by atoms with Gasteiger partial charge in [-0.1, -0.05) is 12.1 Å². The molecule has 2 heterocycles. The standard InChI is InChI=1S/C19H27N3O3/c1-25-17-7-4-15(5-8-17)6-9-18(23)21-11-2-3-16(14-21)22-12-10-20-13-19(22)24/h4-5,7-8,16,20H,2-3,6,9-14H2,1H3. The molecule has 6 heteroatoms. The molecule has 2 aliphatic heterocycles. The van der Waals surface area contributed by atoms with Crippen LogP contribution in [0.25, 0.3) is 0 Å². The van der Waals surface area contributed by atoms with Gasteiger partial charge in [0.2, 0.25) is 11.8 Å². The van der Waals surface area contributed by atoms with Crippen LogP contribution in [0.2, 0.25) is 0 Å². The van der Waals surface area contributed by atoms with E-state index in [2.05, 4.69) is 5.32 Å². The molecule has 2 amide bonds. The van der Waals surface area contributed by atoms with Crippen LogP contribution in [0.4, 0.5) is 0 Å². The van der Waals surface area contributed by atoms with Crippen molar-refractivity contribution in [2.75, 3.05) is 39.8 Å². The Bertz CT molecular complexity index is 602. The molecule has 2 aliphatic rings. The van der Waals surface area contributed by atoms with E-state index in [4.69, 9.17) is 4.74 Å². The Morgan fingerprint density at radius 2 is 2.08 bits per heavy atom. The molecular formula is C19H27N3O3. The first-order valence-electron chi connectivity index (χ1n) is 9.08. The minimum Gasteiger partial charge on any atom is -0.497 e. The predicted molar refractivity (Wildman–Crippen MR) is 95.5 cm³/mol. The summed E-state index contributed by atoms with van der Waals surface area (Å²) in [5, 5.41) is 3.10. The zero-order valence-electron chi connectivity index (χ0n) is 14.9. The first-order chi connectivity index (χ1) is 12.2. The summed E-state index contributed by atoms with van der Waals surface area (Å²) in [5.74, 6) is 1.17. The van der Waals surface area contributed by atoms with E-state index in [-0.39, 0.29) is 17.9 Å². The fourth-order valence-electron chi connectivity index (χ4n) is 3.64. The maximum Gasteiger partial charge on any atom is 0.236 e. The number of piperidine rings is 1. The van der Waals surface area contributed by atoms with Gasteiger partial charge in [0, 0.05) is 38.6 Å².